The van der Waals surface area contributed by atoms with Crippen molar-refractivity contribution in [3.8, 4) is 11.5 Å². The summed E-state index contributed by atoms with van der Waals surface area (Å²) in [7, 11) is 3.20. The normalized spacial score (nSPS) is 24.2. The van der Waals surface area contributed by atoms with E-state index < -0.39 is 11.5 Å². The summed E-state index contributed by atoms with van der Waals surface area (Å²) in [6.07, 6.45) is 4.42. The second-order valence-corrected chi connectivity index (χ2v) is 6.99. The molecule has 136 valence electrons. The van der Waals surface area contributed by atoms with Crippen LogP contribution < -0.4 is 14.8 Å². The molecule has 2 fully saturated rings. The third-order valence-corrected chi connectivity index (χ3v) is 5.44. The number of carbonyl (C=O) groups excluding carboxylic acids is 1. The Morgan fingerprint density at radius 1 is 1.16 bits per heavy atom. The minimum absolute atomic E-state index is 0.0412. The van der Waals surface area contributed by atoms with Gasteiger partial charge in [0.1, 0.15) is 17.0 Å². The van der Waals surface area contributed by atoms with Crippen molar-refractivity contribution < 1.29 is 24.2 Å². The number of carboxylic acids is 1. The van der Waals surface area contributed by atoms with E-state index in [4.69, 9.17) is 9.47 Å². The maximum atomic E-state index is 12.7. The van der Waals surface area contributed by atoms with Crippen LogP contribution in [0.25, 0.3) is 0 Å². The van der Waals surface area contributed by atoms with Gasteiger partial charge in [0.05, 0.1) is 14.2 Å². The van der Waals surface area contributed by atoms with Crippen molar-refractivity contribution in [3.05, 3.63) is 23.8 Å². The molecule has 25 heavy (non-hydrogen) atoms. The maximum Gasteiger partial charge on any atom is 0.329 e. The first-order chi connectivity index (χ1) is 12.0. The number of hydrogen-bond acceptors (Lipinski definition) is 4. The Bertz CT molecular complexity index is 666. The lowest BCUT2D eigenvalue weighted by molar-refractivity contribution is -0.149. The number of rotatable bonds is 6. The monoisotopic (exact) mass is 347 g/mol. The topological polar surface area (TPSA) is 84.9 Å². The summed E-state index contributed by atoms with van der Waals surface area (Å²) in [5.74, 6) is 0.192. The molecule has 1 aromatic rings. The molecule has 2 N–H and O–H groups in total. The van der Waals surface area contributed by atoms with Crippen LogP contribution in [0.3, 0.4) is 0 Å². The molecule has 1 aromatic carbocycles. The smallest absolute Gasteiger partial charge is 0.329 e. The summed E-state index contributed by atoms with van der Waals surface area (Å²) in [5, 5.41) is 12.5. The predicted octanol–water partition coefficient (Wildman–Crippen LogP) is 2.71. The van der Waals surface area contributed by atoms with E-state index in [2.05, 4.69) is 5.32 Å². The highest BCUT2D eigenvalue weighted by Crippen LogP contribution is 2.51. The van der Waals surface area contributed by atoms with Gasteiger partial charge in [-0.2, -0.15) is 0 Å². The molecule has 0 bridgehead atoms. The van der Waals surface area contributed by atoms with Crippen LogP contribution in [0, 0.1) is 5.92 Å². The molecular weight excluding hydrogens is 322 g/mol. The quantitative estimate of drug-likeness (QED) is 0.826. The van der Waals surface area contributed by atoms with Crippen molar-refractivity contribution in [2.75, 3.05) is 14.2 Å². The van der Waals surface area contributed by atoms with Crippen LogP contribution in [0.1, 0.15) is 50.0 Å². The van der Waals surface area contributed by atoms with Gasteiger partial charge >= 0.3 is 5.97 Å². The van der Waals surface area contributed by atoms with Crippen LogP contribution >= 0.6 is 0 Å². The SMILES string of the molecule is COc1ccc(OC)c(C2CC2C(=O)NC2(C(=O)O)CCCCC2)c1. The predicted molar refractivity (Wildman–Crippen MR) is 92.0 cm³/mol. The van der Waals surface area contributed by atoms with E-state index in [1.807, 2.05) is 18.2 Å². The van der Waals surface area contributed by atoms with Crippen LogP contribution in [-0.2, 0) is 9.59 Å². The number of carbonyl (C=O) groups is 2. The fourth-order valence-electron chi connectivity index (χ4n) is 3.83. The lowest BCUT2D eigenvalue weighted by atomic mass is 9.81. The van der Waals surface area contributed by atoms with Gasteiger partial charge < -0.3 is 19.9 Å². The van der Waals surface area contributed by atoms with Gasteiger partial charge in [0, 0.05) is 17.4 Å². The number of ether oxygens (including phenoxy) is 2. The summed E-state index contributed by atoms with van der Waals surface area (Å²) in [5.41, 5.74) is -0.156. The van der Waals surface area contributed by atoms with Crippen LogP contribution in [0.2, 0.25) is 0 Å². The summed E-state index contributed by atoms with van der Waals surface area (Å²) in [6, 6.07) is 5.55. The first-order valence-corrected chi connectivity index (χ1v) is 8.78. The molecule has 1 amide bonds. The summed E-state index contributed by atoms with van der Waals surface area (Å²) >= 11 is 0. The van der Waals surface area contributed by atoms with E-state index in [0.717, 1.165) is 36.3 Å². The van der Waals surface area contributed by atoms with Crippen LogP contribution in [0.4, 0.5) is 0 Å². The molecule has 0 aromatic heterocycles. The first kappa shape index (κ1) is 17.6. The van der Waals surface area contributed by atoms with Gasteiger partial charge in [-0.25, -0.2) is 4.79 Å². The third-order valence-electron chi connectivity index (χ3n) is 5.44. The van der Waals surface area contributed by atoms with E-state index in [1.165, 1.54) is 0 Å². The van der Waals surface area contributed by atoms with Crippen LogP contribution in [0.15, 0.2) is 18.2 Å². The van der Waals surface area contributed by atoms with Gasteiger partial charge in [-0.05, 0) is 37.5 Å². The Balaban J connectivity index is 1.73. The highest BCUT2D eigenvalue weighted by molar-refractivity contribution is 5.90. The van der Waals surface area contributed by atoms with Crippen molar-refractivity contribution in [2.24, 2.45) is 5.92 Å². The molecule has 0 saturated heterocycles. The third kappa shape index (κ3) is 3.43. The Morgan fingerprint density at radius 2 is 1.88 bits per heavy atom. The van der Waals surface area contributed by atoms with Crippen molar-refractivity contribution >= 4 is 11.9 Å². The fourth-order valence-corrected chi connectivity index (χ4v) is 3.83. The van der Waals surface area contributed by atoms with Gasteiger partial charge in [-0.1, -0.05) is 19.3 Å². The van der Waals surface area contributed by atoms with Crippen LogP contribution in [-0.4, -0.2) is 36.7 Å². The summed E-state index contributed by atoms with van der Waals surface area (Å²) in [6.45, 7) is 0. The lowest BCUT2D eigenvalue weighted by Gasteiger charge is -2.34. The number of aliphatic carboxylic acids is 1. The molecule has 0 heterocycles. The number of carboxylic acid groups (broad SMARTS) is 1. The standard InChI is InChI=1S/C19H25NO5/c1-24-12-6-7-16(25-2)14(10-12)13-11-15(13)17(21)20-19(18(22)23)8-4-3-5-9-19/h6-7,10,13,15H,3-5,8-9,11H2,1-2H3,(H,20,21)(H,22,23). The zero-order valence-corrected chi connectivity index (χ0v) is 14.7. The zero-order chi connectivity index (χ0) is 18.0. The summed E-state index contributed by atoms with van der Waals surface area (Å²) < 4.78 is 10.7. The largest absolute Gasteiger partial charge is 0.497 e. The zero-order valence-electron chi connectivity index (χ0n) is 14.7. The Morgan fingerprint density at radius 3 is 2.48 bits per heavy atom. The van der Waals surface area contributed by atoms with E-state index >= 15 is 0 Å². The van der Waals surface area contributed by atoms with E-state index in [1.54, 1.807) is 14.2 Å². The van der Waals surface area contributed by atoms with Crippen LogP contribution in [0.5, 0.6) is 11.5 Å². The number of nitrogens with one attached hydrogen (secondary N) is 1. The molecule has 2 saturated carbocycles. The Kier molecular flexibility index (Phi) is 4.88. The van der Waals surface area contributed by atoms with E-state index in [0.29, 0.717) is 19.3 Å². The molecule has 3 rings (SSSR count). The van der Waals surface area contributed by atoms with E-state index in [9.17, 15) is 14.7 Å². The Labute approximate surface area is 147 Å². The highest BCUT2D eigenvalue weighted by atomic mass is 16.5. The maximum absolute atomic E-state index is 12.7. The number of amides is 1. The molecule has 0 radical (unpaired) electrons. The highest BCUT2D eigenvalue weighted by Gasteiger charge is 2.49. The van der Waals surface area contributed by atoms with Crippen molar-refractivity contribution in [2.45, 2.75) is 50.0 Å². The van der Waals surface area contributed by atoms with Gasteiger partial charge in [-0.3, -0.25) is 4.79 Å². The van der Waals surface area contributed by atoms with Gasteiger partial charge in [-0.15, -0.1) is 0 Å². The number of benzene rings is 1. The average molecular weight is 347 g/mol. The molecular formula is C19H25NO5. The van der Waals surface area contributed by atoms with Gasteiger partial charge in [0.15, 0.2) is 0 Å². The van der Waals surface area contributed by atoms with E-state index in [-0.39, 0.29) is 17.7 Å². The second kappa shape index (κ2) is 6.94. The van der Waals surface area contributed by atoms with Gasteiger partial charge in [0.2, 0.25) is 5.91 Å². The number of methoxy groups -OCH3 is 2. The summed E-state index contributed by atoms with van der Waals surface area (Å²) in [4.78, 5) is 24.4. The van der Waals surface area contributed by atoms with Crippen molar-refractivity contribution in [3.63, 3.8) is 0 Å². The second-order valence-electron chi connectivity index (χ2n) is 6.99. The minimum Gasteiger partial charge on any atom is -0.497 e. The molecule has 6 heteroatoms. The minimum atomic E-state index is -1.10. The van der Waals surface area contributed by atoms with Gasteiger partial charge in [0.25, 0.3) is 0 Å². The molecule has 2 aliphatic carbocycles. The molecule has 0 aliphatic heterocycles. The molecule has 2 unspecified atom stereocenters. The Hall–Kier alpha value is -2.24. The molecule has 2 atom stereocenters. The molecule has 0 spiro atoms. The van der Waals surface area contributed by atoms with Crippen molar-refractivity contribution in [1.82, 2.24) is 5.32 Å². The molecule has 6 nitrogen and oxygen atoms in total. The lowest BCUT2D eigenvalue weighted by Crippen LogP contribution is -2.56. The number of hydrogen-bond donors (Lipinski definition) is 2. The first-order valence-electron chi connectivity index (χ1n) is 8.78. The fraction of sp³-hybridized carbons (Fsp3) is 0.579. The molecule has 2 aliphatic rings. The van der Waals surface area contributed by atoms with Crippen molar-refractivity contribution in [1.29, 1.82) is 0 Å². The average Bonchev–Trinajstić information content (AvgIpc) is 3.42.